The minimum Gasteiger partial charge on any atom is -0.467 e. The summed E-state index contributed by atoms with van der Waals surface area (Å²) in [5, 5.41) is 0. The number of carbonyl (C=O) groups excluding carboxylic acids is 3. The van der Waals surface area contributed by atoms with E-state index in [-0.39, 0.29) is 18.1 Å². The van der Waals surface area contributed by atoms with E-state index in [1.165, 1.54) is 12.0 Å². The van der Waals surface area contributed by atoms with Crippen molar-refractivity contribution in [2.45, 2.75) is 44.7 Å². The minimum absolute atomic E-state index is 0.0806. The molecule has 1 aromatic rings. The van der Waals surface area contributed by atoms with Gasteiger partial charge in [0.1, 0.15) is 6.04 Å². The Labute approximate surface area is 148 Å². The average Bonchev–Trinajstić information content (AvgIpc) is 3.10. The Kier molecular flexibility index (Phi) is 6.70. The number of ether oxygens (including phenoxy) is 1. The Morgan fingerprint density at radius 3 is 2.60 bits per heavy atom. The van der Waals surface area contributed by atoms with Gasteiger partial charge in [-0.2, -0.15) is 0 Å². The summed E-state index contributed by atoms with van der Waals surface area (Å²) in [6.07, 6.45) is 1.90. The van der Waals surface area contributed by atoms with Crippen LogP contribution in [0.5, 0.6) is 0 Å². The molecule has 1 heterocycles. The lowest BCUT2D eigenvalue weighted by molar-refractivity contribution is -0.152. The summed E-state index contributed by atoms with van der Waals surface area (Å²) in [6, 6.07) is 8.39. The molecule has 2 N–H and O–H groups in total. The van der Waals surface area contributed by atoms with Crippen molar-refractivity contribution in [3.05, 3.63) is 35.9 Å². The van der Waals surface area contributed by atoms with Gasteiger partial charge in [0.2, 0.25) is 5.91 Å². The molecule has 0 saturated carbocycles. The number of nitrogens with zero attached hydrogens (tertiary/aromatic N) is 1. The van der Waals surface area contributed by atoms with Gasteiger partial charge in [0.05, 0.1) is 13.2 Å². The Bertz CT molecular complexity index is 617. The molecule has 0 radical (unpaired) electrons. The number of hydrogen-bond acceptors (Lipinski definition) is 5. The van der Waals surface area contributed by atoms with E-state index >= 15 is 0 Å². The molecule has 6 heteroatoms. The van der Waals surface area contributed by atoms with E-state index < -0.39 is 24.0 Å². The highest BCUT2D eigenvalue weighted by Crippen LogP contribution is 2.22. The molecule has 1 saturated heterocycles. The van der Waals surface area contributed by atoms with Crippen LogP contribution < -0.4 is 5.73 Å². The molecule has 0 aliphatic carbocycles. The zero-order valence-electron chi connectivity index (χ0n) is 14.8. The van der Waals surface area contributed by atoms with Crippen molar-refractivity contribution in [2.24, 2.45) is 11.7 Å². The third kappa shape index (κ3) is 4.89. The van der Waals surface area contributed by atoms with Crippen molar-refractivity contribution in [1.29, 1.82) is 0 Å². The zero-order valence-corrected chi connectivity index (χ0v) is 14.8. The number of nitrogens with two attached hydrogens (primary N) is 1. The summed E-state index contributed by atoms with van der Waals surface area (Å²) in [5.41, 5.74) is 6.99. The van der Waals surface area contributed by atoms with E-state index in [0.29, 0.717) is 19.4 Å². The molecule has 1 amide bonds. The lowest BCUT2D eigenvalue weighted by Gasteiger charge is -2.26. The third-order valence-corrected chi connectivity index (χ3v) is 4.65. The lowest BCUT2D eigenvalue weighted by Crippen LogP contribution is -2.44. The Hall–Kier alpha value is -2.21. The van der Waals surface area contributed by atoms with Crippen LogP contribution in [0.1, 0.15) is 31.7 Å². The van der Waals surface area contributed by atoms with E-state index in [9.17, 15) is 14.4 Å². The first-order valence-electron chi connectivity index (χ1n) is 8.64. The van der Waals surface area contributed by atoms with Gasteiger partial charge in [-0.3, -0.25) is 9.59 Å². The molecule has 6 nitrogen and oxygen atoms in total. The SMILES string of the molecule is COC(=O)[C@@H]1CCCN1C(=O)C(C)CC(=O)C(N)Cc1ccccc1. The number of methoxy groups -OCH3 is 1. The number of ketones is 1. The van der Waals surface area contributed by atoms with Crippen LogP contribution in [0.15, 0.2) is 30.3 Å². The molecule has 1 aromatic carbocycles. The van der Waals surface area contributed by atoms with Gasteiger partial charge < -0.3 is 15.4 Å². The van der Waals surface area contributed by atoms with Gasteiger partial charge in [-0.1, -0.05) is 37.3 Å². The monoisotopic (exact) mass is 346 g/mol. The fourth-order valence-corrected chi connectivity index (χ4v) is 3.22. The van der Waals surface area contributed by atoms with E-state index in [0.717, 1.165) is 12.0 Å². The molecular formula is C19H26N2O4. The molecule has 25 heavy (non-hydrogen) atoms. The molecule has 136 valence electrons. The smallest absolute Gasteiger partial charge is 0.328 e. The van der Waals surface area contributed by atoms with Gasteiger partial charge in [-0.15, -0.1) is 0 Å². The maximum absolute atomic E-state index is 12.6. The van der Waals surface area contributed by atoms with Crippen LogP contribution in [0.4, 0.5) is 0 Å². The van der Waals surface area contributed by atoms with E-state index in [4.69, 9.17) is 10.5 Å². The highest BCUT2D eigenvalue weighted by atomic mass is 16.5. The molecule has 1 fully saturated rings. The van der Waals surface area contributed by atoms with Crippen molar-refractivity contribution >= 4 is 17.7 Å². The van der Waals surface area contributed by atoms with Gasteiger partial charge in [0.25, 0.3) is 0 Å². The van der Waals surface area contributed by atoms with Gasteiger partial charge in [-0.05, 0) is 24.8 Å². The van der Waals surface area contributed by atoms with Gasteiger partial charge in [-0.25, -0.2) is 4.79 Å². The van der Waals surface area contributed by atoms with Crippen LogP contribution in [0, 0.1) is 5.92 Å². The number of amides is 1. The van der Waals surface area contributed by atoms with Crippen LogP contribution in [-0.4, -0.2) is 48.3 Å². The minimum atomic E-state index is -0.632. The summed E-state index contributed by atoms with van der Waals surface area (Å²) >= 11 is 0. The van der Waals surface area contributed by atoms with Gasteiger partial charge in [0, 0.05) is 18.9 Å². The standard InChI is InChI=1S/C19H26N2O4/c1-13(18(23)21-10-6-9-16(21)19(24)25-2)11-17(22)15(20)12-14-7-4-3-5-8-14/h3-5,7-8,13,15-16H,6,9-12,20H2,1-2H3/t13?,15?,16-/m0/s1. The van der Waals surface area contributed by atoms with Gasteiger partial charge >= 0.3 is 5.97 Å². The molecule has 0 spiro atoms. The second-order valence-electron chi connectivity index (χ2n) is 6.58. The summed E-state index contributed by atoms with van der Waals surface area (Å²) in [7, 11) is 1.32. The van der Waals surface area contributed by atoms with E-state index in [1.807, 2.05) is 30.3 Å². The molecular weight excluding hydrogens is 320 g/mol. The first-order valence-corrected chi connectivity index (χ1v) is 8.64. The number of esters is 1. The van der Waals surface area contributed by atoms with Crippen molar-refractivity contribution in [1.82, 2.24) is 4.90 Å². The van der Waals surface area contributed by atoms with Crippen molar-refractivity contribution in [3.63, 3.8) is 0 Å². The van der Waals surface area contributed by atoms with Gasteiger partial charge in [0.15, 0.2) is 5.78 Å². The van der Waals surface area contributed by atoms with Crippen molar-refractivity contribution < 1.29 is 19.1 Å². The summed E-state index contributed by atoms with van der Waals surface area (Å²) in [5.74, 6) is -1.23. The fraction of sp³-hybridized carbons (Fsp3) is 0.526. The lowest BCUT2D eigenvalue weighted by atomic mass is 9.95. The predicted octanol–water partition coefficient (Wildman–Crippen LogP) is 1.32. The summed E-state index contributed by atoms with van der Waals surface area (Å²) in [4.78, 5) is 38.3. The second-order valence-corrected chi connectivity index (χ2v) is 6.58. The quantitative estimate of drug-likeness (QED) is 0.752. The van der Waals surface area contributed by atoms with Crippen LogP contribution in [0.25, 0.3) is 0 Å². The summed E-state index contributed by atoms with van der Waals surface area (Å²) in [6.45, 7) is 2.23. The van der Waals surface area contributed by atoms with Crippen LogP contribution in [0.3, 0.4) is 0 Å². The number of rotatable bonds is 7. The molecule has 2 rings (SSSR count). The number of likely N-dealkylation sites (tertiary alicyclic amines) is 1. The summed E-state index contributed by atoms with van der Waals surface area (Å²) < 4.78 is 4.76. The third-order valence-electron chi connectivity index (χ3n) is 4.65. The van der Waals surface area contributed by atoms with Crippen LogP contribution in [0.2, 0.25) is 0 Å². The Balaban J connectivity index is 1.91. The highest BCUT2D eigenvalue weighted by molar-refractivity contribution is 5.91. The highest BCUT2D eigenvalue weighted by Gasteiger charge is 2.37. The fourth-order valence-electron chi connectivity index (χ4n) is 3.22. The second kappa shape index (κ2) is 8.76. The normalized spacial score (nSPS) is 19.3. The maximum atomic E-state index is 12.6. The number of carbonyl (C=O) groups is 3. The number of benzene rings is 1. The van der Waals surface area contributed by atoms with Crippen molar-refractivity contribution in [3.8, 4) is 0 Å². The van der Waals surface area contributed by atoms with Crippen LogP contribution in [-0.2, 0) is 25.5 Å². The molecule has 0 bridgehead atoms. The molecule has 3 atom stereocenters. The van der Waals surface area contributed by atoms with Crippen molar-refractivity contribution in [2.75, 3.05) is 13.7 Å². The Morgan fingerprint density at radius 1 is 1.28 bits per heavy atom. The molecule has 0 aromatic heterocycles. The molecule has 1 aliphatic rings. The average molecular weight is 346 g/mol. The maximum Gasteiger partial charge on any atom is 0.328 e. The first kappa shape index (κ1) is 19.1. The largest absolute Gasteiger partial charge is 0.467 e. The topological polar surface area (TPSA) is 89.7 Å². The first-order chi connectivity index (χ1) is 11.9. The number of hydrogen-bond donors (Lipinski definition) is 1. The predicted molar refractivity (Wildman–Crippen MR) is 93.7 cm³/mol. The van der Waals surface area contributed by atoms with E-state index in [1.54, 1.807) is 6.92 Å². The zero-order chi connectivity index (χ0) is 18.4. The number of Topliss-reactive ketones (excluding diaryl/α,β-unsaturated/α-hetero) is 1. The van der Waals surface area contributed by atoms with E-state index in [2.05, 4.69) is 0 Å². The Morgan fingerprint density at radius 2 is 1.96 bits per heavy atom. The molecule has 1 aliphatic heterocycles. The molecule has 2 unspecified atom stereocenters. The van der Waals surface area contributed by atoms with Crippen LogP contribution >= 0.6 is 0 Å².